The number of aliphatic hydroxyl groups excluding tert-OH is 1. The van der Waals surface area contributed by atoms with Crippen LogP contribution in [0.4, 0.5) is 0 Å². The lowest BCUT2D eigenvalue weighted by Gasteiger charge is -2.14. The van der Waals surface area contributed by atoms with Crippen molar-refractivity contribution >= 4 is 19.7 Å². The van der Waals surface area contributed by atoms with Gasteiger partial charge in [-0.15, -0.1) is 0 Å². The Hall–Kier alpha value is -1.12. The van der Waals surface area contributed by atoms with Crippen LogP contribution in [0.2, 0.25) is 0 Å². The predicted octanol–water partition coefficient (Wildman–Crippen LogP) is -0.373. The van der Waals surface area contributed by atoms with Gasteiger partial charge in [-0.1, -0.05) is 0 Å². The summed E-state index contributed by atoms with van der Waals surface area (Å²) in [5.74, 6) is -0.547. The van der Waals surface area contributed by atoms with Crippen LogP contribution in [0.25, 0.3) is 0 Å². The molecule has 1 heterocycles. The third kappa shape index (κ3) is 2.75. The van der Waals surface area contributed by atoms with E-state index in [4.69, 9.17) is 4.74 Å². The Bertz CT molecular complexity index is 660. The first kappa shape index (κ1) is 14.3. The van der Waals surface area contributed by atoms with Crippen LogP contribution in [0.3, 0.4) is 0 Å². The van der Waals surface area contributed by atoms with Gasteiger partial charge in [0.05, 0.1) is 29.6 Å². The van der Waals surface area contributed by atoms with Gasteiger partial charge in [-0.3, -0.25) is 0 Å². The molecule has 0 bridgehead atoms. The maximum atomic E-state index is 12.3. The largest absolute Gasteiger partial charge is 0.497 e. The van der Waals surface area contributed by atoms with Crippen LogP contribution < -0.4 is 4.74 Å². The van der Waals surface area contributed by atoms with Gasteiger partial charge < -0.3 is 9.84 Å². The number of hydrogen-bond acceptors (Lipinski definition) is 6. The van der Waals surface area contributed by atoms with Crippen LogP contribution in [0.15, 0.2) is 29.2 Å². The van der Waals surface area contributed by atoms with E-state index in [1.165, 1.54) is 31.4 Å². The second-order valence-corrected chi connectivity index (χ2v) is 8.72. The molecule has 106 valence electrons. The van der Waals surface area contributed by atoms with E-state index < -0.39 is 42.5 Å². The van der Waals surface area contributed by atoms with Gasteiger partial charge in [0.1, 0.15) is 11.0 Å². The number of hydrogen-bond donors (Lipinski definition) is 1. The predicted molar refractivity (Wildman–Crippen MR) is 68.6 cm³/mol. The van der Waals surface area contributed by atoms with E-state index in [-0.39, 0.29) is 4.90 Å². The molecule has 2 rings (SSSR count). The third-order valence-corrected chi connectivity index (χ3v) is 7.19. The minimum absolute atomic E-state index is 0.0190. The van der Waals surface area contributed by atoms with Crippen molar-refractivity contribution in [2.75, 3.05) is 18.6 Å². The Morgan fingerprint density at radius 2 is 1.79 bits per heavy atom. The van der Waals surface area contributed by atoms with E-state index in [2.05, 4.69) is 0 Å². The zero-order valence-electron chi connectivity index (χ0n) is 10.2. The Morgan fingerprint density at radius 3 is 2.21 bits per heavy atom. The summed E-state index contributed by atoms with van der Waals surface area (Å²) < 4.78 is 52.2. The van der Waals surface area contributed by atoms with Crippen molar-refractivity contribution in [3.63, 3.8) is 0 Å². The molecule has 0 aliphatic carbocycles. The van der Waals surface area contributed by atoms with E-state index in [0.717, 1.165) is 0 Å². The number of rotatable bonds is 3. The van der Waals surface area contributed by atoms with Gasteiger partial charge in [-0.2, -0.15) is 0 Å². The molecule has 19 heavy (non-hydrogen) atoms. The first-order valence-corrected chi connectivity index (χ1v) is 8.89. The molecule has 1 fully saturated rings. The lowest BCUT2D eigenvalue weighted by Crippen LogP contribution is -2.32. The topological polar surface area (TPSA) is 97.7 Å². The highest BCUT2D eigenvalue weighted by atomic mass is 32.2. The minimum Gasteiger partial charge on any atom is -0.497 e. The van der Waals surface area contributed by atoms with Gasteiger partial charge in [-0.05, 0) is 24.3 Å². The fraction of sp³-hybridized carbons (Fsp3) is 0.455. The molecular weight excluding hydrogens is 292 g/mol. The number of methoxy groups -OCH3 is 1. The molecule has 0 saturated carbocycles. The third-order valence-electron chi connectivity index (χ3n) is 3.06. The molecule has 1 saturated heterocycles. The van der Waals surface area contributed by atoms with Crippen molar-refractivity contribution in [2.24, 2.45) is 0 Å². The van der Waals surface area contributed by atoms with Crippen molar-refractivity contribution < 1.29 is 26.7 Å². The highest BCUT2D eigenvalue weighted by Gasteiger charge is 2.45. The molecule has 0 spiro atoms. The fourth-order valence-electron chi connectivity index (χ4n) is 2.03. The van der Waals surface area contributed by atoms with E-state index in [1.807, 2.05) is 0 Å². The van der Waals surface area contributed by atoms with E-state index >= 15 is 0 Å². The second kappa shape index (κ2) is 4.77. The van der Waals surface area contributed by atoms with Crippen molar-refractivity contribution in [1.29, 1.82) is 0 Å². The summed E-state index contributed by atoms with van der Waals surface area (Å²) in [6, 6.07) is 5.63. The SMILES string of the molecule is COc1ccc(S(=O)(=O)C2CS(=O)(=O)CC2O)cc1. The summed E-state index contributed by atoms with van der Waals surface area (Å²) in [6.45, 7) is 0. The normalized spacial score (nSPS) is 26.2. The van der Waals surface area contributed by atoms with Crippen LogP contribution in [0.5, 0.6) is 5.75 Å². The molecule has 8 heteroatoms. The Labute approximate surface area is 111 Å². The van der Waals surface area contributed by atoms with Crippen molar-refractivity contribution in [3.05, 3.63) is 24.3 Å². The number of benzene rings is 1. The lowest BCUT2D eigenvalue weighted by molar-refractivity contribution is 0.204. The molecule has 2 unspecified atom stereocenters. The average molecular weight is 306 g/mol. The fourth-order valence-corrected chi connectivity index (χ4v) is 6.48. The van der Waals surface area contributed by atoms with Crippen LogP contribution in [0, 0.1) is 0 Å². The van der Waals surface area contributed by atoms with Crippen LogP contribution in [-0.2, 0) is 19.7 Å². The van der Waals surface area contributed by atoms with Gasteiger partial charge in [0, 0.05) is 0 Å². The van der Waals surface area contributed by atoms with Crippen molar-refractivity contribution in [2.45, 2.75) is 16.2 Å². The average Bonchev–Trinajstić information content (AvgIpc) is 2.63. The summed E-state index contributed by atoms with van der Waals surface area (Å²) >= 11 is 0. The van der Waals surface area contributed by atoms with Crippen molar-refractivity contribution in [1.82, 2.24) is 0 Å². The highest BCUT2D eigenvalue weighted by Crippen LogP contribution is 2.26. The summed E-state index contributed by atoms with van der Waals surface area (Å²) in [6.07, 6.45) is -1.38. The Kier molecular flexibility index (Phi) is 3.59. The van der Waals surface area contributed by atoms with Crippen LogP contribution in [-0.4, -0.2) is 51.9 Å². The summed E-state index contributed by atoms with van der Waals surface area (Å²) in [5, 5.41) is 8.34. The maximum absolute atomic E-state index is 12.3. The van der Waals surface area contributed by atoms with Gasteiger partial charge in [0.15, 0.2) is 19.7 Å². The molecule has 0 aromatic heterocycles. The Balaban J connectivity index is 2.37. The number of aliphatic hydroxyl groups is 1. The molecule has 1 aliphatic heterocycles. The monoisotopic (exact) mass is 306 g/mol. The zero-order valence-corrected chi connectivity index (χ0v) is 11.8. The molecule has 1 aromatic carbocycles. The molecule has 1 N–H and O–H groups in total. The van der Waals surface area contributed by atoms with Crippen LogP contribution >= 0.6 is 0 Å². The quantitative estimate of drug-likeness (QED) is 0.818. The van der Waals surface area contributed by atoms with Gasteiger partial charge in [-0.25, -0.2) is 16.8 Å². The van der Waals surface area contributed by atoms with E-state index in [9.17, 15) is 21.9 Å². The number of sulfone groups is 2. The molecule has 0 amide bonds. The summed E-state index contributed by atoms with van der Waals surface area (Å²) in [7, 11) is -5.92. The Morgan fingerprint density at radius 1 is 1.21 bits per heavy atom. The molecule has 6 nitrogen and oxygen atoms in total. The van der Waals surface area contributed by atoms with Gasteiger partial charge >= 0.3 is 0 Å². The van der Waals surface area contributed by atoms with E-state index in [1.54, 1.807) is 0 Å². The van der Waals surface area contributed by atoms with E-state index in [0.29, 0.717) is 5.75 Å². The van der Waals surface area contributed by atoms with Gasteiger partial charge in [0.2, 0.25) is 0 Å². The zero-order chi connectivity index (χ0) is 14.3. The summed E-state index contributed by atoms with van der Waals surface area (Å²) in [5.41, 5.74) is 0. The highest BCUT2D eigenvalue weighted by molar-refractivity contribution is 7.96. The smallest absolute Gasteiger partial charge is 0.184 e. The first-order valence-electron chi connectivity index (χ1n) is 5.53. The second-order valence-electron chi connectivity index (χ2n) is 4.40. The first-order chi connectivity index (χ1) is 8.76. The standard InChI is InChI=1S/C11H14O6S2/c1-17-8-2-4-9(5-3-8)19(15,16)11-7-18(13,14)6-10(11)12/h2-5,10-12H,6-7H2,1H3. The molecule has 1 aliphatic rings. The minimum atomic E-state index is -3.87. The molecular formula is C11H14O6S2. The van der Waals surface area contributed by atoms with Crippen molar-refractivity contribution in [3.8, 4) is 5.75 Å². The van der Waals surface area contributed by atoms with Gasteiger partial charge in [0.25, 0.3) is 0 Å². The lowest BCUT2D eigenvalue weighted by atomic mass is 10.3. The van der Waals surface area contributed by atoms with Crippen LogP contribution in [0.1, 0.15) is 0 Å². The number of ether oxygens (including phenoxy) is 1. The maximum Gasteiger partial charge on any atom is 0.184 e. The molecule has 2 atom stereocenters. The molecule has 1 aromatic rings. The molecule has 0 radical (unpaired) electrons. The summed E-state index contributed by atoms with van der Waals surface area (Å²) in [4.78, 5) is -0.0190.